The molecule has 106 valence electrons. The summed E-state index contributed by atoms with van der Waals surface area (Å²) in [6.45, 7) is 5.31. The molecule has 1 atom stereocenters. The molecule has 1 N–H and O–H groups in total. The summed E-state index contributed by atoms with van der Waals surface area (Å²) >= 11 is 0. The van der Waals surface area contributed by atoms with Crippen molar-refractivity contribution in [2.75, 3.05) is 33.4 Å². The Bertz CT molecular complexity index is 239. The molecule has 0 bridgehead atoms. The Morgan fingerprint density at radius 1 is 1.44 bits per heavy atom. The van der Waals surface area contributed by atoms with Gasteiger partial charge >= 0.3 is 5.97 Å². The Morgan fingerprint density at radius 2 is 2.11 bits per heavy atom. The molecule has 1 heterocycles. The van der Waals surface area contributed by atoms with Gasteiger partial charge in [0.15, 0.2) is 0 Å². The number of carboxylic acid groups (broad SMARTS) is 1. The van der Waals surface area contributed by atoms with Gasteiger partial charge in [0.1, 0.15) is 0 Å². The summed E-state index contributed by atoms with van der Waals surface area (Å²) in [4.78, 5) is 12.8. The molecule has 0 radical (unpaired) electrons. The summed E-state index contributed by atoms with van der Waals surface area (Å²) in [6, 6.07) is 0.495. The van der Waals surface area contributed by atoms with E-state index in [0.717, 1.165) is 39.0 Å². The van der Waals surface area contributed by atoms with Crippen LogP contribution in [0, 0.1) is 0 Å². The van der Waals surface area contributed by atoms with Crippen LogP contribution in [0.1, 0.15) is 32.6 Å². The maximum atomic E-state index is 10.4. The third-order valence-electron chi connectivity index (χ3n) is 3.49. The van der Waals surface area contributed by atoms with Crippen LogP contribution in [0.25, 0.3) is 0 Å². The van der Waals surface area contributed by atoms with Gasteiger partial charge in [0.2, 0.25) is 0 Å². The van der Waals surface area contributed by atoms with Gasteiger partial charge < -0.3 is 14.6 Å². The molecule has 1 aliphatic rings. The molecule has 0 aromatic heterocycles. The molecule has 5 nitrogen and oxygen atoms in total. The van der Waals surface area contributed by atoms with E-state index < -0.39 is 5.97 Å². The van der Waals surface area contributed by atoms with Crippen molar-refractivity contribution in [3.63, 3.8) is 0 Å². The maximum absolute atomic E-state index is 10.4. The van der Waals surface area contributed by atoms with E-state index in [4.69, 9.17) is 14.6 Å². The fourth-order valence-electron chi connectivity index (χ4n) is 2.39. The maximum Gasteiger partial charge on any atom is 0.305 e. The highest BCUT2D eigenvalue weighted by Crippen LogP contribution is 2.17. The number of rotatable bonds is 8. The fourth-order valence-corrected chi connectivity index (χ4v) is 2.39. The summed E-state index contributed by atoms with van der Waals surface area (Å²) < 4.78 is 10.8. The zero-order valence-electron chi connectivity index (χ0n) is 11.4. The predicted octanol–water partition coefficient (Wildman–Crippen LogP) is 1.37. The summed E-state index contributed by atoms with van der Waals surface area (Å²) in [7, 11) is 1.74. The van der Waals surface area contributed by atoms with Gasteiger partial charge in [-0.3, -0.25) is 9.69 Å². The van der Waals surface area contributed by atoms with Gasteiger partial charge in [0.25, 0.3) is 0 Å². The normalized spacial score (nSPS) is 19.9. The molecule has 1 unspecified atom stereocenters. The minimum absolute atomic E-state index is 0.0987. The number of ether oxygens (including phenoxy) is 2. The highest BCUT2D eigenvalue weighted by molar-refractivity contribution is 5.66. The van der Waals surface area contributed by atoms with Gasteiger partial charge in [-0.25, -0.2) is 0 Å². The Hall–Kier alpha value is -0.650. The second-order valence-corrected chi connectivity index (χ2v) is 4.77. The molecule has 0 amide bonds. The van der Waals surface area contributed by atoms with Crippen LogP contribution in [-0.2, 0) is 14.3 Å². The lowest BCUT2D eigenvalue weighted by Gasteiger charge is -2.36. The average molecular weight is 259 g/mol. The van der Waals surface area contributed by atoms with Crippen LogP contribution in [0.3, 0.4) is 0 Å². The summed E-state index contributed by atoms with van der Waals surface area (Å²) in [6.07, 6.45) is 3.39. The number of nitrogens with zero attached hydrogens (tertiary/aromatic N) is 1. The van der Waals surface area contributed by atoms with Crippen molar-refractivity contribution >= 4 is 5.97 Å². The number of hydrogen-bond acceptors (Lipinski definition) is 4. The molecule has 5 heteroatoms. The van der Waals surface area contributed by atoms with E-state index in [1.807, 2.05) is 0 Å². The minimum Gasteiger partial charge on any atom is -0.481 e. The molecule has 1 fully saturated rings. The van der Waals surface area contributed by atoms with E-state index in [0.29, 0.717) is 12.6 Å². The van der Waals surface area contributed by atoms with Crippen LogP contribution >= 0.6 is 0 Å². The average Bonchev–Trinajstić information content (AvgIpc) is 2.36. The zero-order valence-corrected chi connectivity index (χ0v) is 11.4. The molecule has 1 rings (SSSR count). The van der Waals surface area contributed by atoms with Crippen molar-refractivity contribution in [1.82, 2.24) is 4.90 Å². The molecule has 1 aliphatic heterocycles. The first-order chi connectivity index (χ1) is 8.67. The van der Waals surface area contributed by atoms with Crippen molar-refractivity contribution in [3.05, 3.63) is 0 Å². The fraction of sp³-hybridized carbons (Fsp3) is 0.923. The minimum atomic E-state index is -0.793. The van der Waals surface area contributed by atoms with Gasteiger partial charge in [-0.15, -0.1) is 0 Å². The van der Waals surface area contributed by atoms with Crippen LogP contribution in [0.2, 0.25) is 0 Å². The van der Waals surface area contributed by atoms with Gasteiger partial charge in [-0.2, -0.15) is 0 Å². The van der Waals surface area contributed by atoms with Crippen LogP contribution in [0.5, 0.6) is 0 Å². The number of piperidine rings is 1. The first-order valence-electron chi connectivity index (χ1n) is 6.73. The van der Waals surface area contributed by atoms with Crippen molar-refractivity contribution in [1.29, 1.82) is 0 Å². The number of carbonyl (C=O) groups is 1. The molecule has 0 aromatic rings. The van der Waals surface area contributed by atoms with E-state index >= 15 is 0 Å². The monoisotopic (exact) mass is 259 g/mol. The van der Waals surface area contributed by atoms with Gasteiger partial charge in [-0.1, -0.05) is 6.92 Å². The Kier molecular flexibility index (Phi) is 7.23. The van der Waals surface area contributed by atoms with Crippen molar-refractivity contribution in [2.45, 2.75) is 44.8 Å². The summed E-state index contributed by atoms with van der Waals surface area (Å²) in [5, 5.41) is 8.55. The van der Waals surface area contributed by atoms with E-state index in [1.165, 1.54) is 0 Å². The molecular weight excluding hydrogens is 234 g/mol. The number of likely N-dealkylation sites (tertiary alicyclic amines) is 1. The molecule has 1 saturated heterocycles. The lowest BCUT2D eigenvalue weighted by Crippen LogP contribution is -2.45. The number of aliphatic carboxylic acids is 1. The van der Waals surface area contributed by atoms with E-state index in [-0.39, 0.29) is 12.5 Å². The molecule has 0 spiro atoms. The smallest absolute Gasteiger partial charge is 0.305 e. The third-order valence-corrected chi connectivity index (χ3v) is 3.49. The standard InChI is InChI=1S/C13H25NO4/c1-3-11(10-17-2)14-7-4-12(5-8-14)18-9-6-13(15)16/h11-12H,3-10H2,1-2H3,(H,15,16). The molecule has 0 saturated carbocycles. The van der Waals surface area contributed by atoms with Crippen molar-refractivity contribution < 1.29 is 19.4 Å². The highest BCUT2D eigenvalue weighted by atomic mass is 16.5. The zero-order chi connectivity index (χ0) is 13.4. The van der Waals surface area contributed by atoms with Crippen LogP contribution < -0.4 is 0 Å². The van der Waals surface area contributed by atoms with Crippen molar-refractivity contribution in [2.24, 2.45) is 0 Å². The molecule has 0 aromatic carbocycles. The van der Waals surface area contributed by atoms with Crippen LogP contribution in [0.4, 0.5) is 0 Å². The molecular formula is C13H25NO4. The predicted molar refractivity (Wildman–Crippen MR) is 68.8 cm³/mol. The number of methoxy groups -OCH3 is 1. The van der Waals surface area contributed by atoms with Crippen molar-refractivity contribution in [3.8, 4) is 0 Å². The largest absolute Gasteiger partial charge is 0.481 e. The lowest BCUT2D eigenvalue weighted by atomic mass is 10.0. The van der Waals surface area contributed by atoms with E-state index in [2.05, 4.69) is 11.8 Å². The second-order valence-electron chi connectivity index (χ2n) is 4.77. The van der Waals surface area contributed by atoms with E-state index in [1.54, 1.807) is 7.11 Å². The summed E-state index contributed by atoms with van der Waals surface area (Å²) in [5.41, 5.74) is 0. The van der Waals surface area contributed by atoms with Crippen LogP contribution in [0.15, 0.2) is 0 Å². The first-order valence-corrected chi connectivity index (χ1v) is 6.73. The van der Waals surface area contributed by atoms with E-state index in [9.17, 15) is 4.79 Å². The number of hydrogen-bond donors (Lipinski definition) is 1. The molecule has 18 heavy (non-hydrogen) atoms. The Labute approximate surface area is 109 Å². The van der Waals surface area contributed by atoms with Gasteiger partial charge in [0, 0.05) is 26.2 Å². The topological polar surface area (TPSA) is 59.0 Å². The third kappa shape index (κ3) is 5.33. The number of carboxylic acids is 1. The van der Waals surface area contributed by atoms with Gasteiger partial charge in [-0.05, 0) is 19.3 Å². The highest BCUT2D eigenvalue weighted by Gasteiger charge is 2.24. The lowest BCUT2D eigenvalue weighted by molar-refractivity contribution is -0.139. The van der Waals surface area contributed by atoms with Gasteiger partial charge in [0.05, 0.1) is 25.7 Å². The second kappa shape index (κ2) is 8.45. The quantitative estimate of drug-likeness (QED) is 0.713. The Balaban J connectivity index is 2.21. The first kappa shape index (κ1) is 15.4. The summed E-state index contributed by atoms with van der Waals surface area (Å²) in [5.74, 6) is -0.793. The SMILES string of the molecule is CCC(COC)N1CCC(OCCC(=O)O)CC1. The Morgan fingerprint density at radius 3 is 2.61 bits per heavy atom. The van der Waals surface area contributed by atoms with Crippen LogP contribution in [-0.4, -0.2) is 61.5 Å². The molecule has 0 aliphatic carbocycles.